The molecule has 0 aliphatic rings. The van der Waals surface area contributed by atoms with Gasteiger partial charge in [-0.1, -0.05) is 6.92 Å². The van der Waals surface area contributed by atoms with Crippen LogP contribution in [-0.2, 0) is 9.59 Å². The van der Waals surface area contributed by atoms with E-state index in [2.05, 4.69) is 5.32 Å². The lowest BCUT2D eigenvalue weighted by Crippen LogP contribution is -2.31. The van der Waals surface area contributed by atoms with Crippen molar-refractivity contribution < 1.29 is 24.4 Å². The highest BCUT2D eigenvalue weighted by Gasteiger charge is 2.31. The zero-order chi connectivity index (χ0) is 18.5. The van der Waals surface area contributed by atoms with E-state index in [0.29, 0.717) is 6.42 Å². The summed E-state index contributed by atoms with van der Waals surface area (Å²) < 4.78 is 5.72. The second kappa shape index (κ2) is 7.76. The fraction of sp³-hybridized carbons (Fsp3) is 0.500. The minimum atomic E-state index is -0.970. The third-order valence-electron chi connectivity index (χ3n) is 3.55. The smallest absolute Gasteiger partial charge is 0.309 e. The Morgan fingerprint density at radius 3 is 2.50 bits per heavy atom. The molecule has 8 nitrogen and oxygen atoms in total. The fourth-order valence-corrected chi connectivity index (χ4v) is 2.15. The van der Waals surface area contributed by atoms with E-state index in [1.165, 1.54) is 25.1 Å². The molecule has 0 aliphatic carbocycles. The summed E-state index contributed by atoms with van der Waals surface area (Å²) in [6.45, 7) is 6.31. The van der Waals surface area contributed by atoms with Gasteiger partial charge in [0.2, 0.25) is 5.91 Å². The second-order valence-corrected chi connectivity index (χ2v) is 6.16. The number of nitrogens with zero attached hydrogens (tertiary/aromatic N) is 1. The maximum atomic E-state index is 11.2. The lowest BCUT2D eigenvalue weighted by molar-refractivity contribution is -0.384. The molecule has 0 bridgehead atoms. The van der Waals surface area contributed by atoms with E-state index in [1.807, 2.05) is 6.92 Å². The fourth-order valence-electron chi connectivity index (χ4n) is 2.15. The molecule has 0 spiro atoms. The van der Waals surface area contributed by atoms with Crippen LogP contribution in [0.3, 0.4) is 0 Å². The van der Waals surface area contributed by atoms with Crippen molar-refractivity contribution in [3.8, 4) is 5.75 Å². The van der Waals surface area contributed by atoms with Crippen molar-refractivity contribution >= 4 is 23.3 Å². The van der Waals surface area contributed by atoms with Crippen LogP contribution in [0.1, 0.15) is 40.5 Å². The van der Waals surface area contributed by atoms with Crippen LogP contribution in [0.5, 0.6) is 5.75 Å². The third-order valence-corrected chi connectivity index (χ3v) is 3.55. The summed E-state index contributed by atoms with van der Waals surface area (Å²) in [7, 11) is 0. The van der Waals surface area contributed by atoms with E-state index in [1.54, 1.807) is 13.8 Å². The summed E-state index contributed by atoms with van der Waals surface area (Å²) in [5.41, 5.74) is -1.17. The van der Waals surface area contributed by atoms with Crippen molar-refractivity contribution in [1.29, 1.82) is 0 Å². The van der Waals surface area contributed by atoms with E-state index in [9.17, 15) is 24.8 Å². The first-order valence-electron chi connectivity index (χ1n) is 7.53. The number of hydrogen-bond donors (Lipinski definition) is 2. The molecule has 0 saturated carbocycles. The predicted octanol–water partition coefficient (Wildman–Crippen LogP) is 3.21. The molecule has 0 aromatic heterocycles. The molecule has 1 rings (SSSR count). The highest BCUT2D eigenvalue weighted by Crippen LogP contribution is 2.32. The lowest BCUT2D eigenvalue weighted by atomic mass is 9.86. The third kappa shape index (κ3) is 5.22. The zero-order valence-electron chi connectivity index (χ0n) is 14.2. The maximum absolute atomic E-state index is 11.2. The average molecular weight is 338 g/mol. The summed E-state index contributed by atoms with van der Waals surface area (Å²) in [6.07, 6.45) is 0.417. The summed E-state index contributed by atoms with van der Waals surface area (Å²) >= 11 is 0. The van der Waals surface area contributed by atoms with Crippen LogP contribution in [0.25, 0.3) is 0 Å². The predicted molar refractivity (Wildman–Crippen MR) is 88.1 cm³/mol. The Morgan fingerprint density at radius 1 is 1.42 bits per heavy atom. The molecule has 1 amide bonds. The summed E-state index contributed by atoms with van der Waals surface area (Å²) in [5, 5.41) is 22.7. The number of carbonyl (C=O) groups excluding carboxylic acids is 1. The Bertz CT molecular complexity index is 641. The number of aliphatic carboxylic acids is 1. The number of ether oxygens (including phenoxy) is 1. The number of hydrogen-bond acceptors (Lipinski definition) is 5. The van der Waals surface area contributed by atoms with E-state index in [4.69, 9.17) is 4.74 Å². The first kappa shape index (κ1) is 19.4. The number of carboxylic acids is 1. The molecule has 1 atom stereocenters. The number of rotatable bonds is 8. The van der Waals surface area contributed by atoms with Gasteiger partial charge >= 0.3 is 5.97 Å². The van der Waals surface area contributed by atoms with Gasteiger partial charge in [-0.25, -0.2) is 0 Å². The van der Waals surface area contributed by atoms with Crippen molar-refractivity contribution in [2.45, 2.75) is 46.6 Å². The van der Waals surface area contributed by atoms with Crippen molar-refractivity contribution in [2.24, 2.45) is 5.41 Å². The van der Waals surface area contributed by atoms with Crippen molar-refractivity contribution in [2.75, 3.05) is 5.32 Å². The summed E-state index contributed by atoms with van der Waals surface area (Å²) in [5.74, 6) is -1.10. The average Bonchev–Trinajstić information content (AvgIpc) is 2.46. The minimum Gasteiger partial charge on any atom is -0.490 e. The van der Waals surface area contributed by atoms with Crippen LogP contribution in [0.4, 0.5) is 11.4 Å². The molecule has 1 aromatic rings. The number of nitro groups is 1. The Labute approximate surface area is 140 Å². The number of carbonyl (C=O) groups is 2. The lowest BCUT2D eigenvalue weighted by Gasteiger charge is -2.26. The Hall–Kier alpha value is -2.64. The maximum Gasteiger partial charge on any atom is 0.309 e. The number of amides is 1. The van der Waals surface area contributed by atoms with Gasteiger partial charge in [0, 0.05) is 6.92 Å². The van der Waals surface area contributed by atoms with Gasteiger partial charge in [0.15, 0.2) is 0 Å². The van der Waals surface area contributed by atoms with E-state index >= 15 is 0 Å². The minimum absolute atomic E-state index is 0.0822. The van der Waals surface area contributed by atoms with Gasteiger partial charge in [-0.05, 0) is 38.8 Å². The van der Waals surface area contributed by atoms with Crippen molar-refractivity contribution in [3.63, 3.8) is 0 Å². The molecule has 24 heavy (non-hydrogen) atoms. The molecule has 2 N–H and O–H groups in total. The highest BCUT2D eigenvalue weighted by atomic mass is 16.6. The standard InChI is InChI=1S/C16H22N2O6/c1-5-11(9-16(3,4)15(20)21)24-12-6-7-13(17-10(2)19)14(8-12)18(22)23/h6-8,11H,5,9H2,1-4H3,(H,17,19)(H,20,21). The Morgan fingerprint density at radius 2 is 2.04 bits per heavy atom. The molecule has 0 saturated heterocycles. The number of nitrogens with one attached hydrogen (secondary N) is 1. The van der Waals surface area contributed by atoms with E-state index in [-0.39, 0.29) is 23.5 Å². The quantitative estimate of drug-likeness (QED) is 0.555. The van der Waals surface area contributed by atoms with Gasteiger partial charge in [-0.2, -0.15) is 0 Å². The first-order chi connectivity index (χ1) is 11.1. The molecule has 0 radical (unpaired) electrons. The first-order valence-corrected chi connectivity index (χ1v) is 7.53. The SMILES string of the molecule is CCC(CC(C)(C)C(=O)O)Oc1ccc(NC(C)=O)c([N+](=O)[O-])c1. The highest BCUT2D eigenvalue weighted by molar-refractivity contribution is 5.91. The molecular formula is C16H22N2O6. The van der Waals surface area contributed by atoms with Gasteiger partial charge in [0.05, 0.1) is 22.5 Å². The van der Waals surface area contributed by atoms with Gasteiger partial charge < -0.3 is 15.2 Å². The topological polar surface area (TPSA) is 119 Å². The molecule has 0 heterocycles. The zero-order valence-corrected chi connectivity index (χ0v) is 14.2. The molecule has 0 fully saturated rings. The molecular weight excluding hydrogens is 316 g/mol. The normalized spacial score (nSPS) is 12.3. The van der Waals surface area contributed by atoms with Crippen molar-refractivity contribution in [3.05, 3.63) is 28.3 Å². The van der Waals surface area contributed by atoms with Crippen molar-refractivity contribution in [1.82, 2.24) is 0 Å². The van der Waals surface area contributed by atoms with Crippen LogP contribution in [-0.4, -0.2) is 28.0 Å². The largest absolute Gasteiger partial charge is 0.490 e. The van der Waals surface area contributed by atoms with Gasteiger partial charge in [0.25, 0.3) is 5.69 Å². The number of nitro benzene ring substituents is 1. The second-order valence-electron chi connectivity index (χ2n) is 6.16. The number of carboxylic acid groups (broad SMARTS) is 1. The van der Waals surface area contributed by atoms with E-state index in [0.717, 1.165) is 0 Å². The molecule has 0 aliphatic heterocycles. The number of anilines is 1. The van der Waals surface area contributed by atoms with Crippen LogP contribution in [0.2, 0.25) is 0 Å². The summed E-state index contributed by atoms with van der Waals surface area (Å²) in [4.78, 5) is 32.9. The molecule has 8 heteroatoms. The Kier molecular flexibility index (Phi) is 6.27. The van der Waals surface area contributed by atoms with Crippen LogP contribution in [0.15, 0.2) is 18.2 Å². The number of benzene rings is 1. The van der Waals surface area contributed by atoms with Crippen LogP contribution >= 0.6 is 0 Å². The molecule has 132 valence electrons. The Balaban J connectivity index is 3.01. The molecule has 1 aromatic carbocycles. The van der Waals surface area contributed by atoms with Crippen LogP contribution < -0.4 is 10.1 Å². The van der Waals surface area contributed by atoms with Gasteiger partial charge in [0.1, 0.15) is 11.4 Å². The molecule has 1 unspecified atom stereocenters. The van der Waals surface area contributed by atoms with E-state index < -0.39 is 28.3 Å². The van der Waals surface area contributed by atoms with Crippen LogP contribution in [0, 0.1) is 15.5 Å². The monoisotopic (exact) mass is 338 g/mol. The van der Waals surface area contributed by atoms with Gasteiger partial charge in [-0.15, -0.1) is 0 Å². The van der Waals surface area contributed by atoms with Gasteiger partial charge in [-0.3, -0.25) is 19.7 Å². The summed E-state index contributed by atoms with van der Waals surface area (Å²) in [6, 6.07) is 4.13.